The van der Waals surface area contributed by atoms with Gasteiger partial charge >= 0.3 is 0 Å². The summed E-state index contributed by atoms with van der Waals surface area (Å²) in [7, 11) is 1.64. The van der Waals surface area contributed by atoms with Gasteiger partial charge in [0.25, 0.3) is 5.91 Å². The molecule has 2 aliphatic heterocycles. The maximum atomic E-state index is 12.8. The quantitative estimate of drug-likeness (QED) is 0.775. The summed E-state index contributed by atoms with van der Waals surface area (Å²) in [6, 6.07) is 15.0. The first kappa shape index (κ1) is 19.3. The first-order chi connectivity index (χ1) is 14.1. The minimum Gasteiger partial charge on any atom is -0.497 e. The van der Waals surface area contributed by atoms with Gasteiger partial charge in [0.05, 0.1) is 7.11 Å². The van der Waals surface area contributed by atoms with Crippen molar-refractivity contribution >= 4 is 28.9 Å². The van der Waals surface area contributed by atoms with Gasteiger partial charge in [-0.2, -0.15) is 0 Å². The lowest BCUT2D eigenvalue weighted by Crippen LogP contribution is -2.55. The number of methoxy groups -OCH3 is 1. The molecule has 2 aliphatic rings. The molecule has 7 nitrogen and oxygen atoms in total. The molecule has 0 bridgehead atoms. The lowest BCUT2D eigenvalue weighted by atomic mass is 10.2. The number of amides is 1. The molecule has 8 heteroatoms. The Morgan fingerprint density at radius 1 is 1.03 bits per heavy atom. The molecular weight excluding hydrogens is 390 g/mol. The highest BCUT2D eigenvalue weighted by Crippen LogP contribution is 2.31. The molecule has 2 aromatic carbocycles. The summed E-state index contributed by atoms with van der Waals surface area (Å²) in [4.78, 5) is 16.7. The molecule has 1 saturated heterocycles. The number of thiocarbonyl (C=S) groups is 1. The Bertz CT molecular complexity index is 882. The number of benzene rings is 2. The van der Waals surface area contributed by atoms with Gasteiger partial charge in [-0.25, -0.2) is 0 Å². The standard InChI is InChI=1S/C21H23N3O4S/c1-26-16-8-6-15(7-9-16)22-21(29)24-12-10-23(11-13-24)20(25)19-14-27-17-4-2-3-5-18(17)28-19/h2-9,19H,10-14H2,1H3,(H,22,29)/t19-/m0/s1. The number of anilines is 1. The van der Waals surface area contributed by atoms with Crippen molar-refractivity contribution in [2.45, 2.75) is 6.10 Å². The summed E-state index contributed by atoms with van der Waals surface area (Å²) in [5.74, 6) is 2.04. The van der Waals surface area contributed by atoms with Crippen molar-refractivity contribution in [1.82, 2.24) is 9.80 Å². The molecular formula is C21H23N3O4S. The van der Waals surface area contributed by atoms with E-state index < -0.39 is 6.10 Å². The Kier molecular flexibility index (Phi) is 5.71. The fourth-order valence-electron chi connectivity index (χ4n) is 3.35. The van der Waals surface area contributed by atoms with Crippen LogP contribution in [0.25, 0.3) is 0 Å². The van der Waals surface area contributed by atoms with Crippen LogP contribution in [0.15, 0.2) is 48.5 Å². The van der Waals surface area contributed by atoms with Gasteiger partial charge in [0.1, 0.15) is 12.4 Å². The second kappa shape index (κ2) is 8.57. The normalized spacial score (nSPS) is 18.2. The number of para-hydroxylation sites is 2. The Morgan fingerprint density at radius 2 is 1.69 bits per heavy atom. The average Bonchev–Trinajstić information content (AvgIpc) is 2.79. The zero-order valence-corrected chi connectivity index (χ0v) is 17.0. The van der Waals surface area contributed by atoms with Gasteiger partial charge in [0, 0.05) is 31.9 Å². The average molecular weight is 413 g/mol. The fourth-order valence-corrected chi connectivity index (χ4v) is 3.65. The molecule has 29 heavy (non-hydrogen) atoms. The minimum absolute atomic E-state index is 0.0480. The number of piperazine rings is 1. The number of ether oxygens (including phenoxy) is 3. The second-order valence-electron chi connectivity index (χ2n) is 6.84. The van der Waals surface area contributed by atoms with Crippen LogP contribution >= 0.6 is 12.2 Å². The second-order valence-corrected chi connectivity index (χ2v) is 7.22. The zero-order chi connectivity index (χ0) is 20.2. The third kappa shape index (κ3) is 4.37. The van der Waals surface area contributed by atoms with E-state index in [9.17, 15) is 4.79 Å². The van der Waals surface area contributed by atoms with Crippen LogP contribution in [0.4, 0.5) is 5.69 Å². The molecule has 1 atom stereocenters. The summed E-state index contributed by atoms with van der Waals surface area (Å²) < 4.78 is 16.7. The Morgan fingerprint density at radius 3 is 2.38 bits per heavy atom. The molecule has 1 N–H and O–H groups in total. The topological polar surface area (TPSA) is 63.3 Å². The Hall–Kier alpha value is -3.00. The smallest absolute Gasteiger partial charge is 0.267 e. The van der Waals surface area contributed by atoms with Gasteiger partial charge in [0.2, 0.25) is 6.10 Å². The molecule has 0 aromatic heterocycles. The summed E-state index contributed by atoms with van der Waals surface area (Å²) in [6.07, 6.45) is -0.610. The molecule has 4 rings (SSSR count). The van der Waals surface area contributed by atoms with Gasteiger partial charge in [-0.1, -0.05) is 12.1 Å². The minimum atomic E-state index is -0.610. The first-order valence-electron chi connectivity index (χ1n) is 9.51. The lowest BCUT2D eigenvalue weighted by molar-refractivity contribution is -0.142. The van der Waals surface area contributed by atoms with Crippen LogP contribution in [0.2, 0.25) is 0 Å². The molecule has 0 spiro atoms. The number of nitrogens with one attached hydrogen (secondary N) is 1. The van der Waals surface area contributed by atoms with Crippen LogP contribution in [0, 0.1) is 0 Å². The summed E-state index contributed by atoms with van der Waals surface area (Å²) >= 11 is 5.53. The van der Waals surface area contributed by atoms with E-state index in [1.165, 1.54) is 0 Å². The maximum absolute atomic E-state index is 12.8. The number of nitrogens with zero attached hydrogens (tertiary/aromatic N) is 2. The van der Waals surface area contributed by atoms with Crippen LogP contribution in [0.1, 0.15) is 0 Å². The van der Waals surface area contributed by atoms with E-state index in [1.807, 2.05) is 53.4 Å². The highest BCUT2D eigenvalue weighted by molar-refractivity contribution is 7.80. The van der Waals surface area contributed by atoms with Crippen LogP contribution in [0.5, 0.6) is 17.2 Å². The van der Waals surface area contributed by atoms with Gasteiger partial charge in [-0.05, 0) is 48.6 Å². The van der Waals surface area contributed by atoms with E-state index in [0.717, 1.165) is 11.4 Å². The number of hydrogen-bond acceptors (Lipinski definition) is 5. The van der Waals surface area contributed by atoms with E-state index in [0.29, 0.717) is 42.8 Å². The summed E-state index contributed by atoms with van der Waals surface area (Å²) in [6.45, 7) is 2.73. The zero-order valence-electron chi connectivity index (χ0n) is 16.2. The Balaban J connectivity index is 1.28. The van der Waals surface area contributed by atoms with Gasteiger partial charge < -0.3 is 29.3 Å². The first-order valence-corrected chi connectivity index (χ1v) is 9.92. The highest BCUT2D eigenvalue weighted by Gasteiger charge is 2.33. The molecule has 0 unspecified atom stereocenters. The third-order valence-corrected chi connectivity index (χ3v) is 5.36. The molecule has 2 heterocycles. The van der Waals surface area contributed by atoms with E-state index in [1.54, 1.807) is 7.11 Å². The SMILES string of the molecule is COc1ccc(NC(=S)N2CCN(C(=O)[C@@H]3COc4ccccc4O3)CC2)cc1. The van der Waals surface area contributed by atoms with Crippen molar-refractivity contribution in [2.24, 2.45) is 0 Å². The van der Waals surface area contributed by atoms with E-state index in [-0.39, 0.29) is 12.5 Å². The monoisotopic (exact) mass is 413 g/mol. The van der Waals surface area contributed by atoms with Crippen LogP contribution in [-0.2, 0) is 4.79 Å². The maximum Gasteiger partial charge on any atom is 0.267 e. The molecule has 0 saturated carbocycles. The van der Waals surface area contributed by atoms with Gasteiger partial charge in [-0.15, -0.1) is 0 Å². The number of rotatable bonds is 3. The Labute approximate surface area is 175 Å². The van der Waals surface area contributed by atoms with Crippen molar-refractivity contribution in [3.63, 3.8) is 0 Å². The van der Waals surface area contributed by atoms with Gasteiger partial charge in [-0.3, -0.25) is 4.79 Å². The van der Waals surface area contributed by atoms with Crippen molar-refractivity contribution in [3.8, 4) is 17.2 Å². The number of carbonyl (C=O) groups is 1. The number of hydrogen-bond donors (Lipinski definition) is 1. The van der Waals surface area contributed by atoms with Crippen molar-refractivity contribution in [3.05, 3.63) is 48.5 Å². The van der Waals surface area contributed by atoms with Crippen LogP contribution in [-0.4, -0.2) is 66.8 Å². The molecule has 1 fully saturated rings. The number of carbonyl (C=O) groups excluding carboxylic acids is 1. The number of fused-ring (bicyclic) bond motifs is 1. The molecule has 0 radical (unpaired) electrons. The van der Waals surface area contributed by atoms with E-state index >= 15 is 0 Å². The third-order valence-electron chi connectivity index (χ3n) is 5.00. The molecule has 0 aliphatic carbocycles. The van der Waals surface area contributed by atoms with Crippen LogP contribution in [0.3, 0.4) is 0 Å². The highest BCUT2D eigenvalue weighted by atomic mass is 32.1. The van der Waals surface area contributed by atoms with Crippen LogP contribution < -0.4 is 19.5 Å². The van der Waals surface area contributed by atoms with Crippen molar-refractivity contribution in [1.29, 1.82) is 0 Å². The van der Waals surface area contributed by atoms with Crippen molar-refractivity contribution < 1.29 is 19.0 Å². The molecule has 152 valence electrons. The summed E-state index contributed by atoms with van der Waals surface area (Å²) in [5.41, 5.74) is 0.903. The van der Waals surface area contributed by atoms with Crippen molar-refractivity contribution in [2.75, 3.05) is 45.2 Å². The predicted molar refractivity (Wildman–Crippen MR) is 114 cm³/mol. The molecule has 1 amide bonds. The van der Waals surface area contributed by atoms with Gasteiger partial charge in [0.15, 0.2) is 16.6 Å². The predicted octanol–water partition coefficient (Wildman–Crippen LogP) is 2.38. The fraction of sp³-hybridized carbons (Fsp3) is 0.333. The lowest BCUT2D eigenvalue weighted by Gasteiger charge is -2.38. The largest absolute Gasteiger partial charge is 0.497 e. The van der Waals surface area contributed by atoms with E-state index in [2.05, 4.69) is 10.2 Å². The molecule has 2 aromatic rings. The summed E-state index contributed by atoms with van der Waals surface area (Å²) in [5, 5.41) is 3.88. The van der Waals surface area contributed by atoms with E-state index in [4.69, 9.17) is 26.4 Å².